The van der Waals surface area contributed by atoms with Crippen LogP contribution in [0.1, 0.15) is 0 Å². The average molecular weight is 225 g/mol. The summed E-state index contributed by atoms with van der Waals surface area (Å²) in [5.74, 6) is 2.50. The summed E-state index contributed by atoms with van der Waals surface area (Å²) in [6.07, 6.45) is 7.76. The number of carbonyl (C=O) groups excluding carboxylic acids is 1. The first kappa shape index (κ1) is 11.3. The minimum absolute atomic E-state index is 0.0679. The number of anilines is 1. The molecule has 0 aliphatic carbocycles. The van der Waals surface area contributed by atoms with Crippen molar-refractivity contribution in [3.63, 3.8) is 0 Å². The summed E-state index contributed by atoms with van der Waals surface area (Å²) in [4.78, 5) is 18.7. The molecule has 0 aliphatic heterocycles. The summed E-state index contributed by atoms with van der Waals surface area (Å²) in [6, 6.07) is 0. The molecule has 0 fully saturated rings. The van der Waals surface area contributed by atoms with E-state index in [0.717, 1.165) is 0 Å². The second-order valence-corrected chi connectivity index (χ2v) is 2.96. The van der Waals surface area contributed by atoms with Crippen LogP contribution in [-0.2, 0) is 4.79 Å². The van der Waals surface area contributed by atoms with Gasteiger partial charge in [-0.1, -0.05) is 17.5 Å². The van der Waals surface area contributed by atoms with Gasteiger partial charge in [0.1, 0.15) is 17.2 Å². The largest absolute Gasteiger partial charge is 0.360 e. The fraction of sp³-hybridized carbons (Fsp3) is 0.222. The Hall–Kier alpha value is -1.80. The molecule has 15 heavy (non-hydrogen) atoms. The van der Waals surface area contributed by atoms with Gasteiger partial charge in [0, 0.05) is 0 Å². The second kappa shape index (κ2) is 5.83. The molecular weight excluding hydrogens is 216 g/mol. The number of hydrogen-bond acceptors (Lipinski definition) is 4. The van der Waals surface area contributed by atoms with Crippen LogP contribution in [0.25, 0.3) is 0 Å². The van der Waals surface area contributed by atoms with E-state index in [1.165, 1.54) is 12.5 Å². The van der Waals surface area contributed by atoms with Crippen molar-refractivity contribution in [2.24, 2.45) is 0 Å². The Balaban J connectivity index is 2.41. The van der Waals surface area contributed by atoms with Crippen LogP contribution in [0.15, 0.2) is 12.5 Å². The van der Waals surface area contributed by atoms with Gasteiger partial charge in [-0.2, -0.15) is 0 Å². The van der Waals surface area contributed by atoms with E-state index < -0.39 is 0 Å². The smallest absolute Gasteiger partial charge is 0.240 e. The normalized spacial score (nSPS) is 9.07. The van der Waals surface area contributed by atoms with Gasteiger partial charge < -0.3 is 10.6 Å². The fourth-order valence-electron chi connectivity index (χ4n) is 0.819. The van der Waals surface area contributed by atoms with Crippen LogP contribution >= 0.6 is 11.6 Å². The zero-order valence-corrected chi connectivity index (χ0v) is 8.58. The third-order valence-electron chi connectivity index (χ3n) is 1.47. The third kappa shape index (κ3) is 3.83. The van der Waals surface area contributed by atoms with Gasteiger partial charge in [-0.25, -0.2) is 9.97 Å². The Morgan fingerprint density at radius 1 is 1.67 bits per heavy atom. The minimum atomic E-state index is -0.220. The molecule has 78 valence electrons. The van der Waals surface area contributed by atoms with Gasteiger partial charge in [0.05, 0.1) is 19.3 Å². The number of nitrogens with zero attached hydrogens (tertiary/aromatic N) is 2. The van der Waals surface area contributed by atoms with E-state index in [1.54, 1.807) is 0 Å². The number of carbonyl (C=O) groups is 1. The third-order valence-corrected chi connectivity index (χ3v) is 1.75. The van der Waals surface area contributed by atoms with Crippen molar-refractivity contribution < 1.29 is 4.79 Å². The molecule has 5 nitrogen and oxygen atoms in total. The summed E-state index contributed by atoms with van der Waals surface area (Å²) >= 11 is 5.76. The lowest BCUT2D eigenvalue weighted by Gasteiger charge is -2.05. The highest BCUT2D eigenvalue weighted by Crippen LogP contribution is 2.15. The van der Waals surface area contributed by atoms with Crippen molar-refractivity contribution in [2.75, 3.05) is 18.4 Å². The molecule has 1 rings (SSSR count). The molecule has 0 saturated heterocycles. The van der Waals surface area contributed by atoms with Crippen LogP contribution < -0.4 is 10.6 Å². The summed E-state index contributed by atoms with van der Waals surface area (Å²) in [6.45, 7) is 0.274. The molecule has 6 heteroatoms. The van der Waals surface area contributed by atoms with E-state index >= 15 is 0 Å². The summed E-state index contributed by atoms with van der Waals surface area (Å²) in [7, 11) is 0. The Morgan fingerprint density at radius 3 is 3.13 bits per heavy atom. The van der Waals surface area contributed by atoms with Gasteiger partial charge in [0.25, 0.3) is 0 Å². The molecule has 0 unspecified atom stereocenters. The Kier molecular flexibility index (Phi) is 4.38. The molecule has 0 spiro atoms. The highest BCUT2D eigenvalue weighted by atomic mass is 35.5. The predicted octanol–water partition coefficient (Wildman–Crippen LogP) is 0.291. The molecule has 0 aromatic carbocycles. The summed E-state index contributed by atoms with van der Waals surface area (Å²) in [5.41, 5.74) is 0. The number of nitrogens with one attached hydrogen (secondary N) is 2. The first-order valence-electron chi connectivity index (χ1n) is 4.13. The molecule has 1 heterocycles. The van der Waals surface area contributed by atoms with Gasteiger partial charge in [0.15, 0.2) is 0 Å². The van der Waals surface area contributed by atoms with Crippen LogP contribution in [0.2, 0.25) is 5.02 Å². The van der Waals surface area contributed by atoms with Gasteiger partial charge in [-0.15, -0.1) is 6.42 Å². The second-order valence-electron chi connectivity index (χ2n) is 2.55. The van der Waals surface area contributed by atoms with Crippen molar-refractivity contribution in [1.29, 1.82) is 0 Å². The lowest BCUT2D eigenvalue weighted by molar-refractivity contribution is -0.119. The van der Waals surface area contributed by atoms with Crippen LogP contribution in [0.4, 0.5) is 5.82 Å². The molecule has 2 N–H and O–H groups in total. The molecule has 0 aliphatic rings. The average Bonchev–Trinajstić information content (AvgIpc) is 2.25. The van der Waals surface area contributed by atoms with Crippen molar-refractivity contribution in [2.45, 2.75) is 0 Å². The number of terminal acetylenes is 1. The van der Waals surface area contributed by atoms with E-state index in [4.69, 9.17) is 18.0 Å². The van der Waals surface area contributed by atoms with Crippen molar-refractivity contribution >= 4 is 23.3 Å². The molecule has 1 aromatic rings. The van der Waals surface area contributed by atoms with E-state index in [9.17, 15) is 4.79 Å². The Labute approximate surface area is 92.3 Å². The highest BCUT2D eigenvalue weighted by Gasteiger charge is 2.03. The fourth-order valence-corrected chi connectivity index (χ4v) is 0.991. The number of amides is 1. The molecule has 1 amide bonds. The minimum Gasteiger partial charge on any atom is -0.360 e. The SMILES string of the molecule is C#CCNC(=O)CNc1ncncc1Cl. The number of hydrogen-bond donors (Lipinski definition) is 2. The van der Waals surface area contributed by atoms with Gasteiger partial charge in [-0.3, -0.25) is 4.79 Å². The lowest BCUT2D eigenvalue weighted by atomic mass is 10.5. The Bertz CT molecular complexity index is 388. The Morgan fingerprint density at radius 2 is 2.47 bits per heavy atom. The first-order chi connectivity index (χ1) is 7.24. The van der Waals surface area contributed by atoms with Crippen LogP contribution in [0.3, 0.4) is 0 Å². The van der Waals surface area contributed by atoms with Gasteiger partial charge in [0.2, 0.25) is 5.91 Å². The molecule has 0 bridgehead atoms. The molecule has 0 atom stereocenters. The van der Waals surface area contributed by atoms with E-state index in [-0.39, 0.29) is 19.0 Å². The maximum absolute atomic E-state index is 11.1. The monoisotopic (exact) mass is 224 g/mol. The molecule has 0 saturated carbocycles. The van der Waals surface area contributed by atoms with Gasteiger partial charge >= 0.3 is 0 Å². The predicted molar refractivity (Wildman–Crippen MR) is 57.4 cm³/mol. The van der Waals surface area contributed by atoms with Crippen molar-refractivity contribution in [3.05, 3.63) is 17.5 Å². The van der Waals surface area contributed by atoms with E-state index in [0.29, 0.717) is 10.8 Å². The highest BCUT2D eigenvalue weighted by molar-refractivity contribution is 6.32. The molecule has 0 radical (unpaired) electrons. The lowest BCUT2D eigenvalue weighted by Crippen LogP contribution is -2.30. The zero-order chi connectivity index (χ0) is 11.1. The van der Waals surface area contributed by atoms with Gasteiger partial charge in [-0.05, 0) is 0 Å². The van der Waals surface area contributed by atoms with Crippen LogP contribution in [-0.4, -0.2) is 29.0 Å². The number of rotatable bonds is 4. The standard InChI is InChI=1S/C9H9ClN4O/c1-2-3-12-8(15)5-13-9-7(10)4-11-6-14-9/h1,4,6H,3,5H2,(H,12,15)(H,11,13,14). The molecule has 1 aromatic heterocycles. The van der Waals surface area contributed by atoms with E-state index in [2.05, 4.69) is 26.5 Å². The topological polar surface area (TPSA) is 66.9 Å². The summed E-state index contributed by atoms with van der Waals surface area (Å²) in [5, 5.41) is 5.62. The van der Waals surface area contributed by atoms with Crippen LogP contribution in [0, 0.1) is 12.3 Å². The van der Waals surface area contributed by atoms with Crippen molar-refractivity contribution in [1.82, 2.24) is 15.3 Å². The van der Waals surface area contributed by atoms with Crippen LogP contribution in [0.5, 0.6) is 0 Å². The number of aromatic nitrogens is 2. The zero-order valence-electron chi connectivity index (χ0n) is 7.83. The van der Waals surface area contributed by atoms with Crippen molar-refractivity contribution in [3.8, 4) is 12.3 Å². The first-order valence-corrected chi connectivity index (χ1v) is 4.51. The number of halogens is 1. The quantitative estimate of drug-likeness (QED) is 0.722. The maximum atomic E-state index is 11.1. The summed E-state index contributed by atoms with van der Waals surface area (Å²) < 4.78 is 0. The molecular formula is C9H9ClN4O. The maximum Gasteiger partial charge on any atom is 0.240 e. The van der Waals surface area contributed by atoms with E-state index in [1.807, 2.05) is 0 Å².